The zero-order valence-electron chi connectivity index (χ0n) is 14.2. The monoisotopic (exact) mass is 328 g/mol. The van der Waals surface area contributed by atoms with E-state index in [4.69, 9.17) is 0 Å². The third-order valence-corrected chi connectivity index (χ3v) is 4.17. The summed E-state index contributed by atoms with van der Waals surface area (Å²) in [4.78, 5) is 28.8. The number of fused-ring (bicyclic) bond motifs is 1. The SMILES string of the molecule is CCCC(=O)NC(C)c1nc2ccccc2n1CC(=O)NC1CC1. The molecule has 1 fully saturated rings. The Bertz CT molecular complexity index is 749. The van der Waals surface area contributed by atoms with Crippen molar-refractivity contribution in [2.75, 3.05) is 0 Å². The van der Waals surface area contributed by atoms with Crippen LogP contribution >= 0.6 is 0 Å². The summed E-state index contributed by atoms with van der Waals surface area (Å²) in [5.41, 5.74) is 1.75. The van der Waals surface area contributed by atoms with Gasteiger partial charge in [0.2, 0.25) is 11.8 Å². The van der Waals surface area contributed by atoms with E-state index in [1.54, 1.807) is 0 Å². The van der Waals surface area contributed by atoms with E-state index in [2.05, 4.69) is 15.6 Å². The van der Waals surface area contributed by atoms with Gasteiger partial charge in [-0.2, -0.15) is 0 Å². The molecule has 1 aromatic carbocycles. The van der Waals surface area contributed by atoms with Crippen LogP contribution in [0.2, 0.25) is 0 Å². The molecule has 2 amide bonds. The van der Waals surface area contributed by atoms with Gasteiger partial charge in [-0.3, -0.25) is 9.59 Å². The molecular formula is C18H24N4O2. The molecule has 1 aromatic heterocycles. The predicted molar refractivity (Wildman–Crippen MR) is 92.4 cm³/mol. The molecular weight excluding hydrogens is 304 g/mol. The van der Waals surface area contributed by atoms with Gasteiger partial charge >= 0.3 is 0 Å². The molecule has 0 saturated heterocycles. The normalized spacial score (nSPS) is 15.2. The number of nitrogens with one attached hydrogen (secondary N) is 2. The number of nitrogens with zero attached hydrogens (tertiary/aromatic N) is 2. The van der Waals surface area contributed by atoms with Crippen LogP contribution in [-0.2, 0) is 16.1 Å². The number of para-hydroxylation sites is 2. The van der Waals surface area contributed by atoms with Crippen molar-refractivity contribution in [3.8, 4) is 0 Å². The van der Waals surface area contributed by atoms with Crippen LogP contribution in [0.1, 0.15) is 51.4 Å². The van der Waals surface area contributed by atoms with Gasteiger partial charge in [-0.25, -0.2) is 4.98 Å². The number of imidazole rings is 1. The summed E-state index contributed by atoms with van der Waals surface area (Å²) in [7, 11) is 0. The molecule has 24 heavy (non-hydrogen) atoms. The van der Waals surface area contributed by atoms with Crippen molar-refractivity contribution in [1.82, 2.24) is 20.2 Å². The van der Waals surface area contributed by atoms with Crippen LogP contribution in [0, 0.1) is 0 Å². The molecule has 1 aliphatic rings. The molecule has 1 atom stereocenters. The van der Waals surface area contributed by atoms with Gasteiger partial charge in [0.05, 0.1) is 17.1 Å². The van der Waals surface area contributed by atoms with Crippen molar-refractivity contribution >= 4 is 22.8 Å². The number of rotatable bonds is 7. The highest BCUT2D eigenvalue weighted by molar-refractivity contribution is 5.82. The summed E-state index contributed by atoms with van der Waals surface area (Å²) in [6, 6.07) is 7.82. The second-order valence-corrected chi connectivity index (χ2v) is 6.43. The first-order valence-corrected chi connectivity index (χ1v) is 8.62. The maximum absolute atomic E-state index is 12.3. The Balaban J connectivity index is 1.86. The third kappa shape index (κ3) is 3.75. The Labute approximate surface area is 141 Å². The van der Waals surface area contributed by atoms with Crippen LogP contribution in [0.15, 0.2) is 24.3 Å². The molecule has 0 spiro atoms. The van der Waals surface area contributed by atoms with Crippen LogP contribution in [-0.4, -0.2) is 27.4 Å². The summed E-state index contributed by atoms with van der Waals surface area (Å²) >= 11 is 0. The number of carbonyl (C=O) groups excluding carboxylic acids is 2. The number of benzene rings is 1. The molecule has 3 rings (SSSR count). The lowest BCUT2D eigenvalue weighted by Crippen LogP contribution is -2.32. The van der Waals surface area contributed by atoms with Crippen LogP contribution in [0.25, 0.3) is 11.0 Å². The average molecular weight is 328 g/mol. The highest BCUT2D eigenvalue weighted by Crippen LogP contribution is 2.22. The smallest absolute Gasteiger partial charge is 0.240 e. The molecule has 128 valence electrons. The molecule has 0 bridgehead atoms. The van der Waals surface area contributed by atoms with Crippen LogP contribution in [0.3, 0.4) is 0 Å². The van der Waals surface area contributed by atoms with Crippen molar-refractivity contribution in [2.45, 2.75) is 58.2 Å². The second kappa shape index (κ2) is 7.03. The zero-order chi connectivity index (χ0) is 17.1. The number of amides is 2. The lowest BCUT2D eigenvalue weighted by atomic mass is 10.2. The summed E-state index contributed by atoms with van der Waals surface area (Å²) < 4.78 is 1.91. The van der Waals surface area contributed by atoms with E-state index in [1.807, 2.05) is 42.7 Å². The first kappa shape index (κ1) is 16.5. The number of hydrogen-bond donors (Lipinski definition) is 2. The molecule has 6 nitrogen and oxygen atoms in total. The Morgan fingerprint density at radius 2 is 2.04 bits per heavy atom. The maximum atomic E-state index is 12.3. The van der Waals surface area contributed by atoms with Gasteiger partial charge in [-0.1, -0.05) is 19.1 Å². The quantitative estimate of drug-likeness (QED) is 0.819. The molecule has 0 aliphatic heterocycles. The van der Waals surface area contributed by atoms with E-state index in [-0.39, 0.29) is 24.4 Å². The minimum atomic E-state index is -0.245. The Morgan fingerprint density at radius 3 is 2.75 bits per heavy atom. The van der Waals surface area contributed by atoms with Gasteiger partial charge in [-0.05, 0) is 38.3 Å². The van der Waals surface area contributed by atoms with E-state index in [9.17, 15) is 9.59 Å². The fourth-order valence-electron chi connectivity index (χ4n) is 2.84. The molecule has 2 N–H and O–H groups in total. The number of hydrogen-bond acceptors (Lipinski definition) is 3. The molecule has 1 aliphatic carbocycles. The summed E-state index contributed by atoms with van der Waals surface area (Å²) in [5, 5.41) is 5.98. The van der Waals surface area contributed by atoms with E-state index < -0.39 is 0 Å². The van der Waals surface area contributed by atoms with Gasteiger partial charge < -0.3 is 15.2 Å². The minimum Gasteiger partial charge on any atom is -0.352 e. The minimum absolute atomic E-state index is 0.00557. The van der Waals surface area contributed by atoms with E-state index in [1.165, 1.54) is 0 Å². The highest BCUT2D eigenvalue weighted by atomic mass is 16.2. The lowest BCUT2D eigenvalue weighted by molar-refractivity contribution is -0.122. The first-order chi connectivity index (χ1) is 11.6. The Kier molecular flexibility index (Phi) is 4.83. The van der Waals surface area contributed by atoms with E-state index in [0.717, 1.165) is 30.3 Å². The Hall–Kier alpha value is -2.37. The van der Waals surface area contributed by atoms with E-state index >= 15 is 0 Å². The van der Waals surface area contributed by atoms with E-state index in [0.29, 0.717) is 18.3 Å². The second-order valence-electron chi connectivity index (χ2n) is 6.43. The summed E-state index contributed by atoms with van der Waals surface area (Å²) in [6.07, 6.45) is 3.42. The van der Waals surface area contributed by atoms with Gasteiger partial charge in [-0.15, -0.1) is 0 Å². The fraction of sp³-hybridized carbons (Fsp3) is 0.500. The van der Waals surface area contributed by atoms with Crippen LogP contribution < -0.4 is 10.6 Å². The van der Waals surface area contributed by atoms with Crippen molar-refractivity contribution in [3.05, 3.63) is 30.1 Å². The van der Waals surface area contributed by atoms with Crippen LogP contribution in [0.4, 0.5) is 0 Å². The largest absolute Gasteiger partial charge is 0.352 e. The van der Waals surface area contributed by atoms with Gasteiger partial charge in [0.1, 0.15) is 12.4 Å². The topological polar surface area (TPSA) is 76.0 Å². The molecule has 1 saturated carbocycles. The third-order valence-electron chi connectivity index (χ3n) is 4.17. The molecule has 1 heterocycles. The van der Waals surface area contributed by atoms with Gasteiger partial charge in [0.15, 0.2) is 0 Å². The molecule has 6 heteroatoms. The summed E-state index contributed by atoms with van der Waals surface area (Å²) in [5.74, 6) is 0.714. The molecule has 0 radical (unpaired) electrons. The molecule has 1 unspecified atom stereocenters. The predicted octanol–water partition coefficient (Wildman–Crippen LogP) is 2.29. The standard InChI is InChI=1S/C18H24N4O2/c1-3-6-16(23)19-12(2)18-21-14-7-4-5-8-15(14)22(18)11-17(24)20-13-9-10-13/h4-5,7-8,12-13H,3,6,9-11H2,1-2H3,(H,19,23)(H,20,24). The van der Waals surface area contributed by atoms with Gasteiger partial charge in [0.25, 0.3) is 0 Å². The molecule has 2 aromatic rings. The van der Waals surface area contributed by atoms with Crippen molar-refractivity contribution in [2.24, 2.45) is 0 Å². The van der Waals surface area contributed by atoms with Crippen molar-refractivity contribution in [1.29, 1.82) is 0 Å². The fourth-order valence-corrected chi connectivity index (χ4v) is 2.84. The maximum Gasteiger partial charge on any atom is 0.240 e. The van der Waals surface area contributed by atoms with Crippen LogP contribution in [0.5, 0.6) is 0 Å². The number of carbonyl (C=O) groups is 2. The zero-order valence-corrected chi connectivity index (χ0v) is 14.2. The number of aromatic nitrogens is 2. The van der Waals surface area contributed by atoms with Crippen molar-refractivity contribution in [3.63, 3.8) is 0 Å². The average Bonchev–Trinajstić information content (AvgIpc) is 3.28. The van der Waals surface area contributed by atoms with Gasteiger partial charge in [0, 0.05) is 12.5 Å². The van der Waals surface area contributed by atoms with Crippen molar-refractivity contribution < 1.29 is 9.59 Å². The summed E-state index contributed by atoms with van der Waals surface area (Å²) in [6.45, 7) is 4.10. The lowest BCUT2D eigenvalue weighted by Gasteiger charge is -2.16. The first-order valence-electron chi connectivity index (χ1n) is 8.62. The Morgan fingerprint density at radius 1 is 1.29 bits per heavy atom. The highest BCUT2D eigenvalue weighted by Gasteiger charge is 2.25.